The van der Waals surface area contributed by atoms with Crippen LogP contribution in [-0.4, -0.2) is 26.4 Å². The summed E-state index contributed by atoms with van der Waals surface area (Å²) in [7, 11) is 0. The minimum absolute atomic E-state index is 0.129. The Morgan fingerprint density at radius 2 is 1.77 bits per heavy atom. The van der Waals surface area contributed by atoms with E-state index in [2.05, 4.69) is 15.5 Å². The van der Waals surface area contributed by atoms with E-state index in [4.69, 9.17) is 4.74 Å². The van der Waals surface area contributed by atoms with Gasteiger partial charge in [0, 0.05) is 17.4 Å². The molecule has 0 saturated carbocycles. The minimum Gasteiger partial charge on any atom is -0.457 e. The van der Waals surface area contributed by atoms with Gasteiger partial charge in [-0.15, -0.1) is 10.2 Å². The summed E-state index contributed by atoms with van der Waals surface area (Å²) in [5, 5.41) is 11.7. The Balaban J connectivity index is 1.36. The molecule has 0 fully saturated rings. The smallest absolute Gasteiger partial charge is 0.234 e. The Bertz CT molecular complexity index is 1130. The summed E-state index contributed by atoms with van der Waals surface area (Å²) >= 11 is 1.33. The van der Waals surface area contributed by atoms with Crippen LogP contribution < -0.4 is 10.1 Å². The number of ether oxygens (including phenoxy) is 1. The van der Waals surface area contributed by atoms with Gasteiger partial charge in [0.1, 0.15) is 17.8 Å². The lowest BCUT2D eigenvalue weighted by molar-refractivity contribution is -0.113. The Hall–Kier alpha value is -3.58. The second-order valence-electron chi connectivity index (χ2n) is 6.60. The average molecular weight is 417 g/mol. The van der Waals surface area contributed by atoms with Gasteiger partial charge in [0.15, 0.2) is 5.16 Å². The first-order valence-electron chi connectivity index (χ1n) is 9.40. The van der Waals surface area contributed by atoms with Crippen molar-refractivity contribution in [2.75, 3.05) is 11.1 Å². The van der Waals surface area contributed by atoms with Crippen molar-refractivity contribution in [3.63, 3.8) is 0 Å². The molecule has 0 saturated heterocycles. The molecule has 0 aliphatic carbocycles. The van der Waals surface area contributed by atoms with Crippen molar-refractivity contribution < 1.29 is 9.53 Å². The number of rotatable bonds is 7. The van der Waals surface area contributed by atoms with Gasteiger partial charge in [0.2, 0.25) is 5.91 Å². The van der Waals surface area contributed by atoms with E-state index < -0.39 is 0 Å². The zero-order valence-electron chi connectivity index (χ0n) is 16.4. The number of thioether (sulfide) groups is 1. The van der Waals surface area contributed by atoms with Gasteiger partial charge in [-0.3, -0.25) is 9.36 Å². The van der Waals surface area contributed by atoms with E-state index in [1.807, 2.05) is 84.3 Å². The predicted molar refractivity (Wildman–Crippen MR) is 118 cm³/mol. The van der Waals surface area contributed by atoms with E-state index in [0.717, 1.165) is 11.4 Å². The van der Waals surface area contributed by atoms with Crippen molar-refractivity contribution in [2.24, 2.45) is 0 Å². The number of nitrogens with zero attached hydrogens (tertiary/aromatic N) is 3. The first-order chi connectivity index (χ1) is 14.7. The monoisotopic (exact) mass is 416 g/mol. The number of aromatic nitrogens is 3. The lowest BCUT2D eigenvalue weighted by atomic mass is 10.2. The summed E-state index contributed by atoms with van der Waals surface area (Å²) in [6.45, 7) is 2.04. The summed E-state index contributed by atoms with van der Waals surface area (Å²) in [5.74, 6) is 1.49. The molecule has 0 atom stereocenters. The van der Waals surface area contributed by atoms with Gasteiger partial charge in [0.05, 0.1) is 5.75 Å². The molecule has 1 amide bonds. The molecule has 0 aliphatic rings. The molecule has 3 aromatic carbocycles. The third-order valence-electron chi connectivity index (χ3n) is 4.26. The van der Waals surface area contributed by atoms with Crippen LogP contribution in [0.1, 0.15) is 5.56 Å². The van der Waals surface area contributed by atoms with Crippen LogP contribution in [-0.2, 0) is 4.79 Å². The summed E-state index contributed by atoms with van der Waals surface area (Å²) in [4.78, 5) is 12.4. The maximum absolute atomic E-state index is 12.4. The Labute approximate surface area is 178 Å². The van der Waals surface area contributed by atoms with Crippen LogP contribution in [0.3, 0.4) is 0 Å². The standard InChI is InChI=1S/C23H20N4O2S/c1-17-10-12-19(13-11-17)27-16-24-26-23(27)30-15-22(28)25-18-6-5-9-21(14-18)29-20-7-3-2-4-8-20/h2-14,16H,15H2,1H3,(H,25,28). The molecule has 30 heavy (non-hydrogen) atoms. The number of hydrogen-bond acceptors (Lipinski definition) is 5. The Kier molecular flexibility index (Phi) is 6.10. The van der Waals surface area contributed by atoms with Gasteiger partial charge in [-0.05, 0) is 43.3 Å². The summed E-state index contributed by atoms with van der Waals surface area (Å²) in [5.41, 5.74) is 2.81. The van der Waals surface area contributed by atoms with E-state index in [9.17, 15) is 4.79 Å². The van der Waals surface area contributed by atoms with Crippen LogP contribution in [0, 0.1) is 6.92 Å². The number of anilines is 1. The summed E-state index contributed by atoms with van der Waals surface area (Å²) in [6.07, 6.45) is 1.65. The average Bonchev–Trinajstić information content (AvgIpc) is 3.22. The van der Waals surface area contributed by atoms with Gasteiger partial charge in [-0.1, -0.05) is 53.7 Å². The number of carbonyl (C=O) groups is 1. The quantitative estimate of drug-likeness (QED) is 0.425. The fourth-order valence-electron chi connectivity index (χ4n) is 2.79. The number of carbonyl (C=O) groups excluding carboxylic acids is 1. The summed E-state index contributed by atoms with van der Waals surface area (Å²) < 4.78 is 7.68. The number of nitrogens with one attached hydrogen (secondary N) is 1. The number of amides is 1. The SMILES string of the molecule is Cc1ccc(-n2cnnc2SCC(=O)Nc2cccc(Oc3ccccc3)c2)cc1. The third kappa shape index (κ3) is 5.07. The second kappa shape index (κ2) is 9.28. The predicted octanol–water partition coefficient (Wildman–Crippen LogP) is 5.10. The van der Waals surface area contributed by atoms with Crippen LogP contribution in [0.2, 0.25) is 0 Å². The molecule has 6 nitrogen and oxygen atoms in total. The fraction of sp³-hybridized carbons (Fsp3) is 0.0870. The van der Waals surface area contributed by atoms with Gasteiger partial charge in [-0.2, -0.15) is 0 Å². The topological polar surface area (TPSA) is 69.0 Å². The Morgan fingerprint density at radius 3 is 2.57 bits per heavy atom. The van der Waals surface area contributed by atoms with Gasteiger partial charge < -0.3 is 10.1 Å². The number of aryl methyl sites for hydroxylation is 1. The van der Waals surface area contributed by atoms with E-state index in [1.54, 1.807) is 12.4 Å². The third-order valence-corrected chi connectivity index (χ3v) is 5.20. The largest absolute Gasteiger partial charge is 0.457 e. The highest BCUT2D eigenvalue weighted by Crippen LogP contribution is 2.24. The molecule has 0 bridgehead atoms. The zero-order valence-corrected chi connectivity index (χ0v) is 17.2. The molecule has 0 radical (unpaired) electrons. The first kappa shape index (κ1) is 19.7. The maximum Gasteiger partial charge on any atom is 0.234 e. The van der Waals surface area contributed by atoms with Crippen molar-refractivity contribution in [1.29, 1.82) is 0 Å². The van der Waals surface area contributed by atoms with Crippen molar-refractivity contribution in [1.82, 2.24) is 14.8 Å². The molecular formula is C23H20N4O2S. The minimum atomic E-state index is -0.129. The molecule has 1 aromatic heterocycles. The zero-order chi connectivity index (χ0) is 20.8. The molecule has 7 heteroatoms. The molecule has 1 heterocycles. The molecule has 150 valence electrons. The second-order valence-corrected chi connectivity index (χ2v) is 7.54. The van der Waals surface area contributed by atoms with Crippen LogP contribution in [0.15, 0.2) is 90.3 Å². The highest BCUT2D eigenvalue weighted by Gasteiger charge is 2.11. The summed E-state index contributed by atoms with van der Waals surface area (Å²) in [6, 6.07) is 24.9. The molecule has 4 rings (SSSR count). The number of para-hydroxylation sites is 1. The van der Waals surface area contributed by atoms with Gasteiger partial charge >= 0.3 is 0 Å². The Morgan fingerprint density at radius 1 is 1.00 bits per heavy atom. The van der Waals surface area contributed by atoms with E-state index >= 15 is 0 Å². The molecule has 4 aromatic rings. The van der Waals surface area contributed by atoms with E-state index in [0.29, 0.717) is 16.6 Å². The first-order valence-corrected chi connectivity index (χ1v) is 10.4. The van der Waals surface area contributed by atoms with Crippen LogP contribution >= 0.6 is 11.8 Å². The van der Waals surface area contributed by atoms with Crippen LogP contribution in [0.5, 0.6) is 11.5 Å². The molecule has 1 N–H and O–H groups in total. The highest BCUT2D eigenvalue weighted by atomic mass is 32.2. The normalized spacial score (nSPS) is 10.6. The van der Waals surface area contributed by atoms with Crippen molar-refractivity contribution in [2.45, 2.75) is 12.1 Å². The van der Waals surface area contributed by atoms with Crippen LogP contribution in [0.25, 0.3) is 5.69 Å². The van der Waals surface area contributed by atoms with E-state index in [-0.39, 0.29) is 11.7 Å². The number of hydrogen-bond donors (Lipinski definition) is 1. The van der Waals surface area contributed by atoms with Crippen LogP contribution in [0.4, 0.5) is 5.69 Å². The van der Waals surface area contributed by atoms with Gasteiger partial charge in [0.25, 0.3) is 0 Å². The fourth-order valence-corrected chi connectivity index (χ4v) is 3.52. The highest BCUT2D eigenvalue weighted by molar-refractivity contribution is 7.99. The van der Waals surface area contributed by atoms with E-state index in [1.165, 1.54) is 17.3 Å². The molecule has 0 unspecified atom stereocenters. The molecular weight excluding hydrogens is 396 g/mol. The maximum atomic E-state index is 12.4. The van der Waals surface area contributed by atoms with Gasteiger partial charge in [-0.25, -0.2) is 0 Å². The van der Waals surface area contributed by atoms with Crippen molar-refractivity contribution >= 4 is 23.4 Å². The molecule has 0 aliphatic heterocycles. The van der Waals surface area contributed by atoms with Crippen molar-refractivity contribution in [3.8, 4) is 17.2 Å². The molecule has 0 spiro atoms. The lowest BCUT2D eigenvalue weighted by Crippen LogP contribution is -2.14. The lowest BCUT2D eigenvalue weighted by Gasteiger charge is -2.09. The van der Waals surface area contributed by atoms with Crippen molar-refractivity contribution in [3.05, 3.63) is 90.8 Å². The number of benzene rings is 3.